The number of Topliss-reactive ketones (excluding diaryl/α,β-unsaturated/α-hetero) is 2. The summed E-state index contributed by atoms with van der Waals surface area (Å²) in [6.07, 6.45) is 1.40. The van der Waals surface area contributed by atoms with E-state index in [9.17, 15) is 44.9 Å². The summed E-state index contributed by atoms with van der Waals surface area (Å²) in [5, 5.41) is 56.1. The van der Waals surface area contributed by atoms with Gasteiger partial charge in [0.05, 0.1) is 16.5 Å². The number of nitrogens with two attached hydrogens (primary N) is 1. The van der Waals surface area contributed by atoms with Gasteiger partial charge in [0.25, 0.3) is 11.6 Å². The molecule has 3 aliphatic rings. The molecule has 12 nitrogen and oxygen atoms in total. The molecule has 12 heteroatoms. The van der Waals surface area contributed by atoms with Gasteiger partial charge < -0.3 is 26.2 Å². The predicted octanol–water partition coefficient (Wildman–Crippen LogP) is 1.87. The second kappa shape index (κ2) is 9.14. The zero-order valence-electron chi connectivity index (χ0n) is 21.4. The minimum Gasteiger partial charge on any atom is -0.508 e. The van der Waals surface area contributed by atoms with Crippen LogP contribution in [0.5, 0.6) is 5.75 Å². The van der Waals surface area contributed by atoms with Crippen LogP contribution in [0.15, 0.2) is 59.4 Å². The van der Waals surface area contributed by atoms with Crippen LogP contribution in [0.2, 0.25) is 0 Å². The van der Waals surface area contributed by atoms with E-state index in [-0.39, 0.29) is 29.0 Å². The number of carbonyl (C=O) groups excluding carboxylic acids is 3. The molecule has 3 aliphatic carbocycles. The number of likely N-dealkylation sites (N-methyl/N-ethyl adjacent to an activating group) is 1. The van der Waals surface area contributed by atoms with Gasteiger partial charge in [-0.2, -0.15) is 0 Å². The topological polar surface area (TPSA) is 205 Å². The number of hydrogen-bond donors (Lipinski definition) is 5. The normalized spacial score (nSPS) is 27.0. The van der Waals surface area contributed by atoms with E-state index in [1.165, 1.54) is 49.3 Å². The molecule has 6 N–H and O–H groups in total. The van der Waals surface area contributed by atoms with Crippen LogP contribution in [0.25, 0.3) is 17.4 Å². The molecule has 2 aromatic carbocycles. The summed E-state index contributed by atoms with van der Waals surface area (Å²) in [6, 6.07) is 8.85. The number of aliphatic hydroxyl groups is 3. The van der Waals surface area contributed by atoms with Gasteiger partial charge in [0, 0.05) is 29.5 Å². The Morgan fingerprint density at radius 1 is 1.15 bits per heavy atom. The Bertz CT molecular complexity index is 1620. The van der Waals surface area contributed by atoms with Crippen molar-refractivity contribution in [3.8, 4) is 5.75 Å². The monoisotopic (exact) mass is 547 g/mol. The van der Waals surface area contributed by atoms with Gasteiger partial charge in [-0.05, 0) is 43.3 Å². The number of carbonyl (C=O) groups is 3. The molecule has 2 aromatic rings. The van der Waals surface area contributed by atoms with Gasteiger partial charge in [-0.3, -0.25) is 29.4 Å². The lowest BCUT2D eigenvalue weighted by molar-refractivity contribution is -0.384. The highest BCUT2D eigenvalue weighted by Crippen LogP contribution is 2.56. The zero-order valence-corrected chi connectivity index (χ0v) is 21.4. The second-order valence-electron chi connectivity index (χ2n) is 10.3. The molecule has 0 spiro atoms. The SMILES string of the molecule is CN(C)[C@H]1C(=O)C(C(N)=O)=C(O)[C@]2(O)C(=O)C3=C(O)c4c(O)cccc4C(=Cc4cccc([N+](=O)[O-])c4)[C@@H]3C[C@H]12. The summed E-state index contributed by atoms with van der Waals surface area (Å²) in [5.41, 5.74) is 2.09. The summed E-state index contributed by atoms with van der Waals surface area (Å²) >= 11 is 0. The molecule has 0 radical (unpaired) electrons. The van der Waals surface area contributed by atoms with E-state index in [1.54, 1.807) is 18.2 Å². The van der Waals surface area contributed by atoms with Crippen molar-refractivity contribution in [2.75, 3.05) is 14.1 Å². The van der Waals surface area contributed by atoms with Crippen LogP contribution >= 0.6 is 0 Å². The number of phenolic OH excluding ortho intramolecular Hbond substituents is 1. The maximum atomic E-state index is 14.1. The van der Waals surface area contributed by atoms with Crippen LogP contribution in [0, 0.1) is 22.0 Å². The van der Waals surface area contributed by atoms with Crippen LogP contribution < -0.4 is 5.73 Å². The van der Waals surface area contributed by atoms with E-state index in [1.807, 2.05) is 0 Å². The molecule has 0 unspecified atom stereocenters. The van der Waals surface area contributed by atoms with Gasteiger partial charge in [0.2, 0.25) is 5.78 Å². The maximum absolute atomic E-state index is 14.1. The van der Waals surface area contributed by atoms with E-state index >= 15 is 0 Å². The molecular weight excluding hydrogens is 522 g/mol. The average Bonchev–Trinajstić information content (AvgIpc) is 2.88. The number of phenols is 1. The Balaban J connectivity index is 1.81. The van der Waals surface area contributed by atoms with Gasteiger partial charge >= 0.3 is 0 Å². The molecule has 1 amide bonds. The first-order valence-corrected chi connectivity index (χ1v) is 12.2. The molecule has 1 fully saturated rings. The quantitative estimate of drug-likeness (QED) is 0.213. The molecular formula is C28H25N3O9. The second-order valence-corrected chi connectivity index (χ2v) is 10.3. The number of primary amides is 1. The number of nitro groups is 1. The molecule has 4 atom stereocenters. The predicted molar refractivity (Wildman–Crippen MR) is 142 cm³/mol. The lowest BCUT2D eigenvalue weighted by atomic mass is 9.56. The van der Waals surface area contributed by atoms with Crippen molar-refractivity contribution >= 4 is 40.6 Å². The Hall–Kier alpha value is -4.81. The number of aliphatic hydroxyl groups excluding tert-OH is 2. The number of aromatic hydroxyl groups is 1. The molecule has 0 aliphatic heterocycles. The van der Waals surface area contributed by atoms with Crippen molar-refractivity contribution in [2.45, 2.75) is 18.1 Å². The lowest BCUT2D eigenvalue weighted by Gasteiger charge is -2.50. The Labute approximate surface area is 227 Å². The molecule has 1 saturated carbocycles. The first-order valence-electron chi connectivity index (χ1n) is 12.2. The van der Waals surface area contributed by atoms with E-state index in [0.29, 0.717) is 16.7 Å². The van der Waals surface area contributed by atoms with Crippen LogP contribution in [0.3, 0.4) is 0 Å². The van der Waals surface area contributed by atoms with Crippen molar-refractivity contribution in [2.24, 2.45) is 17.6 Å². The first kappa shape index (κ1) is 26.8. The summed E-state index contributed by atoms with van der Waals surface area (Å²) < 4.78 is 0. The van der Waals surface area contributed by atoms with Crippen molar-refractivity contribution < 1.29 is 39.7 Å². The van der Waals surface area contributed by atoms with Crippen molar-refractivity contribution in [1.29, 1.82) is 0 Å². The summed E-state index contributed by atoms with van der Waals surface area (Å²) in [4.78, 5) is 51.8. The number of non-ortho nitro benzene ring substituents is 1. The number of rotatable bonds is 4. The van der Waals surface area contributed by atoms with E-state index < -0.39 is 63.0 Å². The van der Waals surface area contributed by atoms with Crippen LogP contribution in [-0.2, 0) is 14.4 Å². The largest absolute Gasteiger partial charge is 0.508 e. The molecule has 0 saturated heterocycles. The number of amides is 1. The Kier molecular flexibility index (Phi) is 6.12. The minimum atomic E-state index is -2.79. The average molecular weight is 548 g/mol. The van der Waals surface area contributed by atoms with Crippen molar-refractivity contribution in [3.05, 3.63) is 86.2 Å². The fourth-order valence-electron chi connectivity index (χ4n) is 6.18. The van der Waals surface area contributed by atoms with E-state index in [2.05, 4.69) is 0 Å². The van der Waals surface area contributed by atoms with E-state index in [0.717, 1.165) is 0 Å². The standard InChI is InChI=1S/C28H25N3O9/c1-30(2)22-17-11-16-15(10-12-5-3-6-13(9-12)31(39)40)14-7-4-8-18(32)19(14)23(33)20(16)25(35)28(17,38)26(36)21(24(22)34)27(29)37/h3-10,16-17,22,32-33,36,38H,11H2,1-2H3,(H2,29,37)/t16-,17+,22+,28+/m0/s1. The van der Waals surface area contributed by atoms with Crippen molar-refractivity contribution in [3.63, 3.8) is 0 Å². The first-order chi connectivity index (χ1) is 18.8. The molecule has 206 valence electrons. The summed E-state index contributed by atoms with van der Waals surface area (Å²) in [5.74, 6) is -7.82. The highest BCUT2D eigenvalue weighted by Gasteiger charge is 2.64. The minimum absolute atomic E-state index is 0.115. The molecule has 0 aromatic heterocycles. The van der Waals surface area contributed by atoms with Gasteiger partial charge in [0.1, 0.15) is 22.8 Å². The number of ketones is 2. The fourth-order valence-corrected chi connectivity index (χ4v) is 6.18. The summed E-state index contributed by atoms with van der Waals surface area (Å²) in [6.45, 7) is 0. The van der Waals surface area contributed by atoms with Crippen LogP contribution in [0.1, 0.15) is 23.1 Å². The lowest BCUT2D eigenvalue weighted by Crippen LogP contribution is -2.65. The highest BCUT2D eigenvalue weighted by atomic mass is 16.6. The molecule has 0 heterocycles. The summed E-state index contributed by atoms with van der Waals surface area (Å²) in [7, 11) is 3.01. The zero-order chi connectivity index (χ0) is 29.3. The third kappa shape index (κ3) is 3.64. The van der Waals surface area contributed by atoms with Gasteiger partial charge in [0.15, 0.2) is 11.4 Å². The highest BCUT2D eigenvalue weighted by molar-refractivity contribution is 6.25. The van der Waals surface area contributed by atoms with Gasteiger partial charge in [-0.1, -0.05) is 30.3 Å². The van der Waals surface area contributed by atoms with Crippen LogP contribution in [-0.4, -0.2) is 73.5 Å². The van der Waals surface area contributed by atoms with E-state index in [4.69, 9.17) is 5.73 Å². The van der Waals surface area contributed by atoms with Gasteiger partial charge in [-0.25, -0.2) is 0 Å². The third-order valence-electron chi connectivity index (χ3n) is 7.89. The Morgan fingerprint density at radius 2 is 1.82 bits per heavy atom. The number of nitro benzene ring substituents is 1. The molecule has 40 heavy (non-hydrogen) atoms. The number of fused-ring (bicyclic) bond motifs is 3. The number of nitrogens with zero attached hydrogens (tertiary/aromatic N) is 2. The molecule has 5 rings (SSSR count). The number of hydrogen-bond acceptors (Lipinski definition) is 10. The van der Waals surface area contributed by atoms with Crippen molar-refractivity contribution in [1.82, 2.24) is 4.90 Å². The van der Waals surface area contributed by atoms with Crippen LogP contribution in [0.4, 0.5) is 5.69 Å². The molecule has 0 bridgehead atoms. The third-order valence-corrected chi connectivity index (χ3v) is 7.89. The number of benzene rings is 2. The fraction of sp³-hybridized carbons (Fsp3) is 0.250. The maximum Gasteiger partial charge on any atom is 0.270 e. The smallest absolute Gasteiger partial charge is 0.270 e. The number of allylic oxidation sites excluding steroid dienone is 1. The Morgan fingerprint density at radius 3 is 2.45 bits per heavy atom. The van der Waals surface area contributed by atoms with Gasteiger partial charge in [-0.15, -0.1) is 0 Å².